The van der Waals surface area contributed by atoms with Crippen LogP contribution in [-0.2, 0) is 4.79 Å². The number of hydrogen-bond acceptors (Lipinski definition) is 3. The lowest BCUT2D eigenvalue weighted by Gasteiger charge is -2.10. The molecule has 0 unspecified atom stereocenters. The van der Waals surface area contributed by atoms with Crippen molar-refractivity contribution in [1.82, 2.24) is 0 Å². The molecule has 4 nitrogen and oxygen atoms in total. The van der Waals surface area contributed by atoms with Gasteiger partial charge in [0.2, 0.25) is 0 Å². The van der Waals surface area contributed by atoms with Crippen LogP contribution in [0.2, 0.25) is 5.02 Å². The van der Waals surface area contributed by atoms with Crippen molar-refractivity contribution in [2.45, 2.75) is 0 Å². The van der Waals surface area contributed by atoms with Crippen LogP contribution in [0.15, 0.2) is 36.4 Å². The van der Waals surface area contributed by atoms with Gasteiger partial charge in [-0.25, -0.2) is 8.78 Å². The molecule has 0 aliphatic rings. The second-order valence-corrected chi connectivity index (χ2v) is 4.53. The molecule has 1 amide bonds. The number of hydrogen-bond donors (Lipinski definition) is 2. The van der Waals surface area contributed by atoms with E-state index >= 15 is 0 Å². The Balaban J connectivity index is 1.99. The highest BCUT2D eigenvalue weighted by molar-refractivity contribution is 6.33. The predicted octanol–water partition coefficient (Wildman–Crippen LogP) is 3.22. The SMILES string of the molecule is Nc1cc(F)c(OCC(=O)Nc2ccccc2Cl)cc1F. The summed E-state index contributed by atoms with van der Waals surface area (Å²) in [7, 11) is 0. The number of para-hydroxylation sites is 1. The minimum atomic E-state index is -0.848. The van der Waals surface area contributed by atoms with Gasteiger partial charge in [-0.1, -0.05) is 23.7 Å². The highest BCUT2D eigenvalue weighted by Gasteiger charge is 2.11. The van der Waals surface area contributed by atoms with Crippen molar-refractivity contribution in [3.05, 3.63) is 53.1 Å². The highest BCUT2D eigenvalue weighted by atomic mass is 35.5. The van der Waals surface area contributed by atoms with E-state index < -0.39 is 29.9 Å². The van der Waals surface area contributed by atoms with Gasteiger partial charge in [0.25, 0.3) is 5.91 Å². The van der Waals surface area contributed by atoms with Crippen LogP contribution in [0.5, 0.6) is 5.75 Å². The summed E-state index contributed by atoms with van der Waals surface area (Å²) in [6.07, 6.45) is 0. The molecule has 0 aliphatic heterocycles. The van der Waals surface area contributed by atoms with Crippen LogP contribution in [-0.4, -0.2) is 12.5 Å². The van der Waals surface area contributed by atoms with E-state index in [2.05, 4.69) is 5.32 Å². The quantitative estimate of drug-likeness (QED) is 0.852. The minimum Gasteiger partial charge on any atom is -0.481 e. The van der Waals surface area contributed by atoms with Gasteiger partial charge < -0.3 is 15.8 Å². The van der Waals surface area contributed by atoms with Crippen molar-refractivity contribution in [2.24, 2.45) is 0 Å². The summed E-state index contributed by atoms with van der Waals surface area (Å²) in [4.78, 5) is 11.7. The van der Waals surface area contributed by atoms with Crippen molar-refractivity contribution in [3.8, 4) is 5.75 Å². The number of nitrogens with one attached hydrogen (secondary N) is 1. The van der Waals surface area contributed by atoms with Gasteiger partial charge in [0.15, 0.2) is 18.2 Å². The van der Waals surface area contributed by atoms with Crippen molar-refractivity contribution < 1.29 is 18.3 Å². The van der Waals surface area contributed by atoms with Crippen LogP contribution in [0.3, 0.4) is 0 Å². The fraction of sp³-hybridized carbons (Fsp3) is 0.0714. The summed E-state index contributed by atoms with van der Waals surface area (Å²) in [6.45, 7) is -0.495. The molecule has 0 spiro atoms. The summed E-state index contributed by atoms with van der Waals surface area (Å²) in [5.41, 5.74) is 5.27. The molecule has 0 fully saturated rings. The molecule has 2 aromatic rings. The van der Waals surface area contributed by atoms with Crippen molar-refractivity contribution in [2.75, 3.05) is 17.7 Å². The number of carbonyl (C=O) groups is 1. The third-order valence-corrected chi connectivity index (χ3v) is 2.89. The standard InChI is InChI=1S/C14H11ClF2N2O2/c15-8-3-1-2-4-12(8)19-14(20)7-21-13-6-9(16)11(18)5-10(13)17/h1-6H,7,18H2,(H,19,20). The molecule has 0 bridgehead atoms. The molecule has 21 heavy (non-hydrogen) atoms. The highest BCUT2D eigenvalue weighted by Crippen LogP contribution is 2.23. The average Bonchev–Trinajstić information content (AvgIpc) is 2.44. The Kier molecular flexibility index (Phi) is 4.59. The van der Waals surface area contributed by atoms with Gasteiger partial charge in [0.1, 0.15) is 5.82 Å². The number of amides is 1. The number of benzene rings is 2. The normalized spacial score (nSPS) is 10.2. The summed E-state index contributed by atoms with van der Waals surface area (Å²) >= 11 is 5.87. The van der Waals surface area contributed by atoms with E-state index in [0.29, 0.717) is 10.7 Å². The first kappa shape index (κ1) is 15.1. The molecular formula is C14H11ClF2N2O2. The van der Waals surface area contributed by atoms with E-state index in [1.54, 1.807) is 24.3 Å². The van der Waals surface area contributed by atoms with Gasteiger partial charge in [-0.05, 0) is 12.1 Å². The molecule has 2 aromatic carbocycles. The van der Waals surface area contributed by atoms with Gasteiger partial charge in [-0.2, -0.15) is 0 Å². The number of nitrogens with two attached hydrogens (primary N) is 1. The Morgan fingerprint density at radius 3 is 2.67 bits per heavy atom. The monoisotopic (exact) mass is 312 g/mol. The summed E-state index contributed by atoms with van der Waals surface area (Å²) in [5, 5.41) is 2.85. The topological polar surface area (TPSA) is 64.3 Å². The van der Waals surface area contributed by atoms with Gasteiger partial charge in [-0.15, -0.1) is 0 Å². The van der Waals surface area contributed by atoms with Crippen LogP contribution in [0.4, 0.5) is 20.2 Å². The van der Waals surface area contributed by atoms with Crippen LogP contribution in [0.25, 0.3) is 0 Å². The maximum Gasteiger partial charge on any atom is 0.262 e. The molecule has 2 rings (SSSR count). The van der Waals surface area contributed by atoms with E-state index in [-0.39, 0.29) is 5.69 Å². The second kappa shape index (κ2) is 6.41. The molecule has 3 N–H and O–H groups in total. The molecule has 0 atom stereocenters. The Morgan fingerprint density at radius 1 is 1.24 bits per heavy atom. The number of ether oxygens (including phenoxy) is 1. The van der Waals surface area contributed by atoms with E-state index in [4.69, 9.17) is 22.1 Å². The van der Waals surface area contributed by atoms with Crippen LogP contribution < -0.4 is 15.8 Å². The number of rotatable bonds is 4. The molecule has 110 valence electrons. The molecule has 0 saturated heterocycles. The zero-order valence-electron chi connectivity index (χ0n) is 10.7. The third kappa shape index (κ3) is 3.82. The molecule has 0 aliphatic carbocycles. The summed E-state index contributed by atoms with van der Waals surface area (Å²) < 4.78 is 31.6. The molecule has 0 heterocycles. The Hall–Kier alpha value is -2.34. The zero-order valence-corrected chi connectivity index (χ0v) is 11.5. The Bertz CT molecular complexity index is 680. The van der Waals surface area contributed by atoms with Gasteiger partial charge in [0, 0.05) is 12.1 Å². The fourth-order valence-corrected chi connectivity index (χ4v) is 1.73. The van der Waals surface area contributed by atoms with Crippen molar-refractivity contribution in [1.29, 1.82) is 0 Å². The minimum absolute atomic E-state index is 0.333. The molecule has 0 radical (unpaired) electrons. The maximum atomic E-state index is 13.4. The lowest BCUT2D eigenvalue weighted by molar-refractivity contribution is -0.118. The third-order valence-electron chi connectivity index (χ3n) is 2.56. The van der Waals surface area contributed by atoms with E-state index in [9.17, 15) is 13.6 Å². The number of carbonyl (C=O) groups excluding carboxylic acids is 1. The first-order valence-corrected chi connectivity index (χ1v) is 6.27. The van der Waals surface area contributed by atoms with Crippen molar-refractivity contribution >= 4 is 28.9 Å². The number of nitrogen functional groups attached to an aromatic ring is 1. The molecular weight excluding hydrogens is 302 g/mol. The molecule has 0 saturated carbocycles. The lowest BCUT2D eigenvalue weighted by Crippen LogP contribution is -2.20. The van der Waals surface area contributed by atoms with Gasteiger partial charge in [0.05, 0.1) is 16.4 Å². The van der Waals surface area contributed by atoms with Gasteiger partial charge in [-0.3, -0.25) is 4.79 Å². The lowest BCUT2D eigenvalue weighted by atomic mass is 10.3. The molecule has 7 heteroatoms. The Morgan fingerprint density at radius 2 is 1.95 bits per heavy atom. The second-order valence-electron chi connectivity index (χ2n) is 4.12. The summed E-state index contributed by atoms with van der Waals surface area (Å²) in [5.74, 6) is -2.62. The van der Waals surface area contributed by atoms with Crippen LogP contribution in [0, 0.1) is 11.6 Å². The smallest absolute Gasteiger partial charge is 0.262 e. The van der Waals surface area contributed by atoms with E-state index in [0.717, 1.165) is 12.1 Å². The average molecular weight is 313 g/mol. The summed E-state index contributed by atoms with van der Waals surface area (Å²) in [6, 6.07) is 8.18. The van der Waals surface area contributed by atoms with E-state index in [1.165, 1.54) is 0 Å². The Labute approximate surface area is 124 Å². The zero-order chi connectivity index (χ0) is 15.4. The fourth-order valence-electron chi connectivity index (χ4n) is 1.55. The van der Waals surface area contributed by atoms with Crippen molar-refractivity contribution in [3.63, 3.8) is 0 Å². The largest absolute Gasteiger partial charge is 0.481 e. The first-order chi connectivity index (χ1) is 9.97. The number of halogens is 3. The van der Waals surface area contributed by atoms with E-state index in [1.807, 2.05) is 0 Å². The first-order valence-electron chi connectivity index (χ1n) is 5.89. The van der Waals surface area contributed by atoms with Crippen LogP contribution >= 0.6 is 11.6 Å². The predicted molar refractivity (Wildman–Crippen MR) is 76.3 cm³/mol. The maximum absolute atomic E-state index is 13.4. The molecule has 0 aromatic heterocycles. The van der Waals surface area contributed by atoms with Crippen LogP contribution in [0.1, 0.15) is 0 Å². The van der Waals surface area contributed by atoms with Gasteiger partial charge >= 0.3 is 0 Å². The number of anilines is 2.